The Labute approximate surface area is 143 Å². The highest BCUT2D eigenvalue weighted by Crippen LogP contribution is 2.42. The van der Waals surface area contributed by atoms with Gasteiger partial charge in [-0.3, -0.25) is 4.79 Å². The van der Waals surface area contributed by atoms with E-state index in [9.17, 15) is 4.79 Å². The van der Waals surface area contributed by atoms with Gasteiger partial charge in [0.05, 0.1) is 19.8 Å². The summed E-state index contributed by atoms with van der Waals surface area (Å²) in [5.74, 6) is 1.46. The molecule has 0 atom stereocenters. The van der Waals surface area contributed by atoms with Crippen LogP contribution in [0.15, 0.2) is 18.2 Å². The largest absolute Gasteiger partial charge is 0.493 e. The zero-order valence-electron chi connectivity index (χ0n) is 14.7. The zero-order valence-corrected chi connectivity index (χ0v) is 14.7. The molecule has 0 saturated heterocycles. The molecule has 3 rings (SSSR count). The molecule has 2 fully saturated rings. The van der Waals surface area contributed by atoms with E-state index in [1.807, 2.05) is 6.07 Å². The number of benzene rings is 1. The molecule has 1 amide bonds. The third-order valence-electron chi connectivity index (χ3n) is 5.63. The molecule has 0 radical (unpaired) electrons. The van der Waals surface area contributed by atoms with E-state index >= 15 is 0 Å². The van der Waals surface area contributed by atoms with Gasteiger partial charge in [0, 0.05) is 12.0 Å². The van der Waals surface area contributed by atoms with Crippen molar-refractivity contribution >= 4 is 5.91 Å². The van der Waals surface area contributed by atoms with Crippen LogP contribution in [0.25, 0.3) is 0 Å². The van der Waals surface area contributed by atoms with Crippen LogP contribution >= 0.6 is 0 Å². The molecular weight excluding hydrogens is 304 g/mol. The number of carbonyl (C=O) groups excluding carboxylic acids is 1. The molecule has 5 nitrogen and oxygen atoms in total. The second-order valence-electron chi connectivity index (χ2n) is 7.25. The van der Waals surface area contributed by atoms with E-state index in [0.717, 1.165) is 37.2 Å². The lowest BCUT2D eigenvalue weighted by Crippen LogP contribution is -2.49. The Hall–Kier alpha value is -1.75. The summed E-state index contributed by atoms with van der Waals surface area (Å²) in [6.07, 6.45) is 7.34. The summed E-state index contributed by atoms with van der Waals surface area (Å²) < 4.78 is 10.8. The minimum absolute atomic E-state index is 0.00655. The normalized spacial score (nSPS) is 21.0. The molecule has 0 unspecified atom stereocenters. The van der Waals surface area contributed by atoms with E-state index in [1.165, 1.54) is 24.8 Å². The van der Waals surface area contributed by atoms with Gasteiger partial charge < -0.3 is 20.5 Å². The Morgan fingerprint density at radius 2 is 1.75 bits per heavy atom. The lowest BCUT2D eigenvalue weighted by Gasteiger charge is -2.38. The Morgan fingerprint density at radius 3 is 2.33 bits per heavy atom. The van der Waals surface area contributed by atoms with Crippen molar-refractivity contribution in [1.29, 1.82) is 0 Å². The predicted molar refractivity (Wildman–Crippen MR) is 93.5 cm³/mol. The molecule has 0 aromatic heterocycles. The van der Waals surface area contributed by atoms with Crippen LogP contribution in [-0.4, -0.2) is 32.2 Å². The summed E-state index contributed by atoms with van der Waals surface area (Å²) in [6.45, 7) is 0.639. The van der Waals surface area contributed by atoms with E-state index in [1.54, 1.807) is 14.2 Å². The minimum Gasteiger partial charge on any atom is -0.493 e. The van der Waals surface area contributed by atoms with Crippen LogP contribution in [0.5, 0.6) is 11.5 Å². The monoisotopic (exact) mass is 332 g/mol. The highest BCUT2D eigenvalue weighted by atomic mass is 16.5. The molecule has 1 aromatic carbocycles. The minimum atomic E-state index is -0.618. The van der Waals surface area contributed by atoms with Gasteiger partial charge in [-0.2, -0.15) is 0 Å². The van der Waals surface area contributed by atoms with Gasteiger partial charge in [0.2, 0.25) is 5.91 Å². The molecule has 0 spiro atoms. The first-order chi connectivity index (χ1) is 11.5. The Morgan fingerprint density at radius 1 is 1.08 bits per heavy atom. The topological polar surface area (TPSA) is 73.6 Å². The van der Waals surface area contributed by atoms with Crippen LogP contribution in [0.1, 0.15) is 50.5 Å². The average Bonchev–Trinajstić information content (AvgIpc) is 3.38. The molecule has 1 aromatic rings. The quantitative estimate of drug-likeness (QED) is 0.839. The van der Waals surface area contributed by atoms with Gasteiger partial charge in [-0.05, 0) is 43.4 Å². The fourth-order valence-corrected chi connectivity index (χ4v) is 3.75. The van der Waals surface area contributed by atoms with Crippen LogP contribution in [0.4, 0.5) is 0 Å². The molecule has 0 bridgehead atoms. The molecule has 2 aliphatic carbocycles. The molecule has 3 N–H and O–H groups in total. The lowest BCUT2D eigenvalue weighted by molar-refractivity contribution is -0.123. The fraction of sp³-hybridized carbons (Fsp3) is 0.632. The number of nitrogens with one attached hydrogen (secondary N) is 1. The van der Waals surface area contributed by atoms with Gasteiger partial charge in [-0.25, -0.2) is 0 Å². The van der Waals surface area contributed by atoms with Crippen molar-refractivity contribution in [2.45, 2.75) is 55.9 Å². The Bertz CT molecular complexity index is 605. The van der Waals surface area contributed by atoms with E-state index in [4.69, 9.17) is 15.2 Å². The summed E-state index contributed by atoms with van der Waals surface area (Å²) in [5.41, 5.74) is 6.57. The number of ether oxygens (including phenoxy) is 2. The molecule has 0 heterocycles. The van der Waals surface area contributed by atoms with Crippen LogP contribution < -0.4 is 20.5 Å². The van der Waals surface area contributed by atoms with E-state index in [2.05, 4.69) is 17.4 Å². The lowest BCUT2D eigenvalue weighted by atomic mass is 9.69. The molecule has 132 valence electrons. The summed E-state index contributed by atoms with van der Waals surface area (Å²) in [6, 6.07) is 6.12. The molecular formula is C19H28N2O3. The van der Waals surface area contributed by atoms with Crippen molar-refractivity contribution < 1.29 is 14.3 Å². The van der Waals surface area contributed by atoms with Crippen molar-refractivity contribution in [1.82, 2.24) is 5.32 Å². The number of hydrogen-bond acceptors (Lipinski definition) is 4. The maximum atomic E-state index is 12.3. The first-order valence-corrected chi connectivity index (χ1v) is 8.83. The second kappa shape index (κ2) is 6.63. The van der Waals surface area contributed by atoms with Gasteiger partial charge in [0.1, 0.15) is 0 Å². The molecule has 0 aliphatic heterocycles. The highest BCUT2D eigenvalue weighted by Gasteiger charge is 2.46. The molecule has 2 saturated carbocycles. The summed E-state index contributed by atoms with van der Waals surface area (Å²) in [5, 5.41) is 3.12. The van der Waals surface area contributed by atoms with Crippen LogP contribution in [0.2, 0.25) is 0 Å². The van der Waals surface area contributed by atoms with Gasteiger partial charge in [-0.15, -0.1) is 0 Å². The zero-order chi connectivity index (χ0) is 17.2. The predicted octanol–water partition coefficient (Wildman–Crippen LogP) is 2.51. The van der Waals surface area contributed by atoms with Gasteiger partial charge in [0.25, 0.3) is 0 Å². The van der Waals surface area contributed by atoms with Crippen molar-refractivity contribution in [2.75, 3.05) is 20.8 Å². The van der Waals surface area contributed by atoms with E-state index < -0.39 is 5.54 Å². The highest BCUT2D eigenvalue weighted by molar-refractivity contribution is 5.89. The third kappa shape index (κ3) is 3.22. The molecule has 24 heavy (non-hydrogen) atoms. The summed E-state index contributed by atoms with van der Waals surface area (Å²) >= 11 is 0. The number of hydrogen-bond donors (Lipinski definition) is 2. The number of nitrogens with two attached hydrogens (primary N) is 1. The number of rotatable bonds is 6. The first kappa shape index (κ1) is 17.1. The second-order valence-corrected chi connectivity index (χ2v) is 7.25. The molecule has 5 heteroatoms. The average molecular weight is 332 g/mol. The van der Waals surface area contributed by atoms with Crippen LogP contribution in [-0.2, 0) is 10.2 Å². The van der Waals surface area contributed by atoms with E-state index in [0.29, 0.717) is 6.54 Å². The van der Waals surface area contributed by atoms with Crippen molar-refractivity contribution in [3.63, 3.8) is 0 Å². The van der Waals surface area contributed by atoms with Crippen LogP contribution in [0.3, 0.4) is 0 Å². The number of amides is 1. The van der Waals surface area contributed by atoms with Gasteiger partial charge in [0.15, 0.2) is 11.5 Å². The molecule has 2 aliphatic rings. The number of methoxy groups -OCH3 is 2. The van der Waals surface area contributed by atoms with Crippen molar-refractivity contribution in [3.05, 3.63) is 23.8 Å². The maximum absolute atomic E-state index is 12.3. The summed E-state index contributed by atoms with van der Waals surface area (Å²) in [4.78, 5) is 12.3. The number of carbonyl (C=O) groups is 1. The van der Waals surface area contributed by atoms with E-state index in [-0.39, 0.29) is 11.3 Å². The van der Waals surface area contributed by atoms with Crippen molar-refractivity contribution in [2.24, 2.45) is 5.73 Å². The Kier molecular flexibility index (Phi) is 4.72. The third-order valence-corrected chi connectivity index (χ3v) is 5.63. The smallest absolute Gasteiger partial charge is 0.240 e. The maximum Gasteiger partial charge on any atom is 0.240 e. The first-order valence-electron chi connectivity index (χ1n) is 8.83. The van der Waals surface area contributed by atoms with Gasteiger partial charge in [-0.1, -0.05) is 25.3 Å². The van der Waals surface area contributed by atoms with Gasteiger partial charge >= 0.3 is 0 Å². The van der Waals surface area contributed by atoms with Crippen molar-refractivity contribution in [3.8, 4) is 11.5 Å². The fourth-order valence-electron chi connectivity index (χ4n) is 3.75. The van der Waals surface area contributed by atoms with Crippen LogP contribution in [0, 0.1) is 0 Å². The Balaban J connectivity index is 1.83. The summed E-state index contributed by atoms with van der Waals surface area (Å²) in [7, 11) is 3.30. The standard InChI is InChI=1S/C19H28N2O3/c1-23-15-7-6-14(12-16(15)24-2)18(8-4-3-5-9-18)13-21-17(22)19(20)10-11-19/h6-7,12H,3-5,8-11,13,20H2,1-2H3,(H,21,22). The SMILES string of the molecule is COc1ccc(C2(CNC(=O)C3(N)CC3)CCCCC2)cc1OC.